The number of nitrogens with zero attached hydrogens (tertiary/aromatic N) is 5. The molecular weight excluding hydrogens is 216 g/mol. The topological polar surface area (TPSA) is 58.4 Å². The normalized spacial score (nSPS) is 21.1. The number of piperazine rings is 1. The first kappa shape index (κ1) is 10.5. The molecule has 0 spiro atoms. The summed E-state index contributed by atoms with van der Waals surface area (Å²) in [5, 5.41) is 11.7. The molecule has 0 aliphatic carbocycles. The number of nitrogens with one attached hydrogen (secondary N) is 1. The van der Waals surface area contributed by atoms with Crippen molar-refractivity contribution >= 4 is 11.5 Å². The molecule has 6 nitrogen and oxygen atoms in total. The van der Waals surface area contributed by atoms with Gasteiger partial charge >= 0.3 is 0 Å². The van der Waals surface area contributed by atoms with Crippen molar-refractivity contribution < 1.29 is 0 Å². The maximum Gasteiger partial charge on any atom is 0.203 e. The van der Waals surface area contributed by atoms with Crippen molar-refractivity contribution in [3.8, 4) is 0 Å². The Morgan fingerprint density at radius 3 is 3.12 bits per heavy atom. The van der Waals surface area contributed by atoms with Crippen LogP contribution in [0, 0.1) is 6.92 Å². The van der Waals surface area contributed by atoms with Crippen molar-refractivity contribution in [2.45, 2.75) is 19.9 Å². The average molecular weight is 232 g/mol. The van der Waals surface area contributed by atoms with E-state index in [4.69, 9.17) is 0 Å². The lowest BCUT2D eigenvalue weighted by molar-refractivity contribution is 0.482. The summed E-state index contributed by atoms with van der Waals surface area (Å²) in [7, 11) is 0. The van der Waals surface area contributed by atoms with Gasteiger partial charge in [-0.25, -0.2) is 4.98 Å². The molecule has 1 aliphatic rings. The monoisotopic (exact) mass is 232 g/mol. The van der Waals surface area contributed by atoms with Crippen LogP contribution in [-0.4, -0.2) is 45.3 Å². The predicted octanol–water partition coefficient (Wildman–Crippen LogP) is 0.231. The van der Waals surface area contributed by atoms with E-state index in [2.05, 4.69) is 32.3 Å². The summed E-state index contributed by atoms with van der Waals surface area (Å²) in [6, 6.07) is 0.481. The van der Waals surface area contributed by atoms with Crippen LogP contribution in [0.25, 0.3) is 5.65 Å². The summed E-state index contributed by atoms with van der Waals surface area (Å²) in [4.78, 5) is 6.72. The molecule has 0 saturated carbocycles. The van der Waals surface area contributed by atoms with Gasteiger partial charge in [0.15, 0.2) is 5.82 Å². The van der Waals surface area contributed by atoms with Crippen LogP contribution in [0.2, 0.25) is 0 Å². The molecule has 1 N–H and O–H groups in total. The first-order valence-corrected chi connectivity index (χ1v) is 5.90. The van der Waals surface area contributed by atoms with Crippen LogP contribution in [0.3, 0.4) is 0 Å². The lowest BCUT2D eigenvalue weighted by Gasteiger charge is -2.32. The molecule has 1 aliphatic heterocycles. The Balaban J connectivity index is 2.04. The molecular formula is C11H16N6. The number of aryl methyl sites for hydroxylation is 1. The Hall–Kier alpha value is -1.69. The second-order valence-electron chi connectivity index (χ2n) is 4.49. The fraction of sp³-hybridized carbons (Fsp3) is 0.545. The highest BCUT2D eigenvalue weighted by Crippen LogP contribution is 2.18. The Labute approximate surface area is 99.7 Å². The zero-order valence-corrected chi connectivity index (χ0v) is 10.1. The van der Waals surface area contributed by atoms with Crippen LogP contribution in [0.4, 0.5) is 5.82 Å². The van der Waals surface area contributed by atoms with Gasteiger partial charge in [0.25, 0.3) is 0 Å². The van der Waals surface area contributed by atoms with Gasteiger partial charge in [-0.1, -0.05) is 0 Å². The Morgan fingerprint density at radius 2 is 2.29 bits per heavy atom. The lowest BCUT2D eigenvalue weighted by atomic mass is 10.2. The van der Waals surface area contributed by atoms with E-state index in [1.54, 1.807) is 0 Å². The van der Waals surface area contributed by atoms with Gasteiger partial charge < -0.3 is 10.2 Å². The number of anilines is 1. The third-order valence-electron chi connectivity index (χ3n) is 3.15. The van der Waals surface area contributed by atoms with Gasteiger partial charge in [0.05, 0.1) is 0 Å². The molecule has 2 aromatic rings. The van der Waals surface area contributed by atoms with E-state index in [0.29, 0.717) is 6.04 Å². The predicted molar refractivity (Wildman–Crippen MR) is 65.2 cm³/mol. The summed E-state index contributed by atoms with van der Waals surface area (Å²) in [6.45, 7) is 7.03. The highest BCUT2D eigenvalue weighted by atomic mass is 15.3. The Bertz CT molecular complexity index is 534. The van der Waals surface area contributed by atoms with Gasteiger partial charge in [0.2, 0.25) is 5.65 Å². The molecule has 0 amide bonds. The first-order chi connectivity index (χ1) is 8.25. The standard InChI is InChI=1S/C11H16N6/c1-8-7-16(5-3-12-8)10-11-15-14-9(2)17(11)6-4-13-10/h4,6,8,12H,3,5,7H2,1-2H3. The van der Waals surface area contributed by atoms with Crippen molar-refractivity contribution in [3.05, 3.63) is 18.2 Å². The summed E-state index contributed by atoms with van der Waals surface area (Å²) >= 11 is 0. The number of aromatic nitrogens is 4. The SMILES string of the molecule is Cc1nnc2c(N3CCNC(C)C3)nccn12. The van der Waals surface area contributed by atoms with Gasteiger partial charge in [-0.15, -0.1) is 10.2 Å². The van der Waals surface area contributed by atoms with Crippen LogP contribution < -0.4 is 10.2 Å². The zero-order chi connectivity index (χ0) is 11.8. The van der Waals surface area contributed by atoms with Crippen molar-refractivity contribution in [1.29, 1.82) is 0 Å². The van der Waals surface area contributed by atoms with E-state index in [1.165, 1.54) is 0 Å². The third kappa shape index (κ3) is 1.74. The molecule has 90 valence electrons. The maximum absolute atomic E-state index is 4.45. The largest absolute Gasteiger partial charge is 0.351 e. The highest BCUT2D eigenvalue weighted by Gasteiger charge is 2.20. The molecule has 0 aromatic carbocycles. The van der Waals surface area contributed by atoms with Crippen LogP contribution in [-0.2, 0) is 0 Å². The van der Waals surface area contributed by atoms with Crippen LogP contribution >= 0.6 is 0 Å². The highest BCUT2D eigenvalue weighted by molar-refractivity contribution is 5.64. The average Bonchev–Trinajstić information content (AvgIpc) is 2.71. The van der Waals surface area contributed by atoms with Gasteiger partial charge in [0, 0.05) is 38.1 Å². The van der Waals surface area contributed by atoms with Crippen molar-refractivity contribution in [3.63, 3.8) is 0 Å². The van der Waals surface area contributed by atoms with E-state index < -0.39 is 0 Å². The molecule has 1 fully saturated rings. The molecule has 1 atom stereocenters. The first-order valence-electron chi connectivity index (χ1n) is 5.90. The molecule has 6 heteroatoms. The molecule has 1 saturated heterocycles. The number of hydrogen-bond donors (Lipinski definition) is 1. The lowest BCUT2D eigenvalue weighted by Crippen LogP contribution is -2.49. The Morgan fingerprint density at radius 1 is 1.41 bits per heavy atom. The van der Waals surface area contributed by atoms with Crippen LogP contribution in [0.1, 0.15) is 12.7 Å². The smallest absolute Gasteiger partial charge is 0.203 e. The minimum atomic E-state index is 0.481. The molecule has 3 heterocycles. The maximum atomic E-state index is 4.45. The second-order valence-corrected chi connectivity index (χ2v) is 4.49. The van der Waals surface area contributed by atoms with E-state index >= 15 is 0 Å². The minimum absolute atomic E-state index is 0.481. The summed E-state index contributed by atoms with van der Waals surface area (Å²) in [6.07, 6.45) is 3.71. The summed E-state index contributed by atoms with van der Waals surface area (Å²) in [5.74, 6) is 1.83. The van der Waals surface area contributed by atoms with Crippen LogP contribution in [0.5, 0.6) is 0 Å². The number of rotatable bonds is 1. The summed E-state index contributed by atoms with van der Waals surface area (Å²) in [5.41, 5.74) is 0.846. The molecule has 0 bridgehead atoms. The van der Waals surface area contributed by atoms with Crippen molar-refractivity contribution in [1.82, 2.24) is 24.9 Å². The third-order valence-corrected chi connectivity index (χ3v) is 3.15. The molecule has 3 rings (SSSR count). The fourth-order valence-electron chi connectivity index (χ4n) is 2.28. The van der Waals surface area contributed by atoms with E-state index in [-0.39, 0.29) is 0 Å². The van der Waals surface area contributed by atoms with Gasteiger partial charge in [-0.2, -0.15) is 0 Å². The van der Waals surface area contributed by atoms with Gasteiger partial charge in [-0.05, 0) is 13.8 Å². The minimum Gasteiger partial charge on any atom is -0.351 e. The molecule has 0 radical (unpaired) electrons. The van der Waals surface area contributed by atoms with E-state index in [9.17, 15) is 0 Å². The van der Waals surface area contributed by atoms with E-state index in [1.807, 2.05) is 23.7 Å². The molecule has 1 unspecified atom stereocenters. The van der Waals surface area contributed by atoms with Crippen molar-refractivity contribution in [2.24, 2.45) is 0 Å². The van der Waals surface area contributed by atoms with E-state index in [0.717, 1.165) is 36.9 Å². The van der Waals surface area contributed by atoms with Crippen LogP contribution in [0.15, 0.2) is 12.4 Å². The quantitative estimate of drug-likeness (QED) is 0.763. The molecule has 17 heavy (non-hydrogen) atoms. The summed E-state index contributed by atoms with van der Waals surface area (Å²) < 4.78 is 1.98. The van der Waals surface area contributed by atoms with Crippen molar-refractivity contribution in [2.75, 3.05) is 24.5 Å². The second kappa shape index (κ2) is 3.96. The van der Waals surface area contributed by atoms with Gasteiger partial charge in [0.1, 0.15) is 5.82 Å². The molecule has 2 aromatic heterocycles. The zero-order valence-electron chi connectivity index (χ0n) is 10.1. The number of hydrogen-bond acceptors (Lipinski definition) is 5. The fourth-order valence-corrected chi connectivity index (χ4v) is 2.28. The van der Waals surface area contributed by atoms with Gasteiger partial charge in [-0.3, -0.25) is 4.40 Å². The number of fused-ring (bicyclic) bond motifs is 1. The Kier molecular flexibility index (Phi) is 2.44.